The lowest BCUT2D eigenvalue weighted by molar-refractivity contribution is 0.171. The second-order valence-electron chi connectivity index (χ2n) is 13.7. The molecule has 4 aliphatic rings. The van der Waals surface area contributed by atoms with Crippen molar-refractivity contribution in [3.05, 3.63) is 69.8 Å². The van der Waals surface area contributed by atoms with Gasteiger partial charge in [-0.05, 0) is 86.3 Å². The zero-order valence-corrected chi connectivity index (χ0v) is 31.1. The van der Waals surface area contributed by atoms with E-state index >= 15 is 0 Å². The summed E-state index contributed by atoms with van der Waals surface area (Å²) in [6.07, 6.45) is 3.23. The Morgan fingerprint density at radius 1 is 0.673 bits per heavy atom. The summed E-state index contributed by atoms with van der Waals surface area (Å²) in [5.74, 6) is 6.59. The quantitative estimate of drug-likeness (QED) is 0.175. The first-order valence-corrected chi connectivity index (χ1v) is 17.6. The minimum absolute atomic E-state index is 0.0648. The smallest absolute Gasteiger partial charge is 0.231 e. The summed E-state index contributed by atoms with van der Waals surface area (Å²) in [5.41, 5.74) is 8.85. The molecule has 11 nitrogen and oxygen atoms in total. The first-order chi connectivity index (χ1) is 25.3. The third kappa shape index (κ3) is 5.24. The molecule has 0 N–H and O–H groups in total. The number of fused-ring (bicyclic) bond motifs is 4. The lowest BCUT2D eigenvalue weighted by atomic mass is 9.75. The zero-order valence-electron chi connectivity index (χ0n) is 31.1. The second kappa shape index (κ2) is 13.5. The van der Waals surface area contributed by atoms with Crippen LogP contribution >= 0.6 is 0 Å². The van der Waals surface area contributed by atoms with Gasteiger partial charge in [-0.15, -0.1) is 0 Å². The Labute approximate surface area is 304 Å². The number of hydrogen-bond donors (Lipinski definition) is 0. The van der Waals surface area contributed by atoms with Crippen molar-refractivity contribution in [2.24, 2.45) is 0 Å². The van der Waals surface area contributed by atoms with Gasteiger partial charge in [-0.2, -0.15) is 0 Å². The van der Waals surface area contributed by atoms with Gasteiger partial charge in [0.15, 0.2) is 34.5 Å². The number of benzene rings is 4. The highest BCUT2D eigenvalue weighted by atomic mass is 16.7. The van der Waals surface area contributed by atoms with E-state index in [-0.39, 0.29) is 18.9 Å². The van der Waals surface area contributed by atoms with E-state index in [1.807, 2.05) is 18.2 Å². The molecule has 4 aromatic rings. The molecule has 8 rings (SSSR count). The summed E-state index contributed by atoms with van der Waals surface area (Å²) >= 11 is 0. The topological polar surface area (TPSA) is 89.6 Å². The average Bonchev–Trinajstić information content (AvgIpc) is 3.64. The molecule has 0 radical (unpaired) electrons. The van der Waals surface area contributed by atoms with E-state index in [1.165, 1.54) is 22.3 Å². The van der Waals surface area contributed by atoms with Gasteiger partial charge in [0, 0.05) is 47.4 Å². The highest BCUT2D eigenvalue weighted by molar-refractivity contribution is 5.89. The van der Waals surface area contributed by atoms with Crippen molar-refractivity contribution < 1.29 is 42.6 Å². The minimum atomic E-state index is 0.0648. The molecule has 274 valence electrons. The Balaban J connectivity index is 1.18. The largest absolute Gasteiger partial charge is 0.493 e. The normalized spacial score (nSPS) is 18.5. The van der Waals surface area contributed by atoms with Gasteiger partial charge >= 0.3 is 0 Å². The molecule has 52 heavy (non-hydrogen) atoms. The molecule has 0 aromatic heterocycles. The highest BCUT2D eigenvalue weighted by Crippen LogP contribution is 2.60. The first kappa shape index (κ1) is 34.1. The van der Waals surface area contributed by atoms with Gasteiger partial charge in [-0.1, -0.05) is 12.1 Å². The van der Waals surface area contributed by atoms with Crippen LogP contribution in [-0.4, -0.2) is 86.4 Å². The highest BCUT2D eigenvalue weighted by Gasteiger charge is 2.42. The summed E-state index contributed by atoms with van der Waals surface area (Å²) in [6.45, 7) is 2.00. The van der Waals surface area contributed by atoms with Gasteiger partial charge in [0.2, 0.25) is 24.0 Å². The molecule has 2 atom stereocenters. The van der Waals surface area contributed by atoms with E-state index in [1.54, 1.807) is 42.7 Å². The summed E-state index contributed by atoms with van der Waals surface area (Å²) < 4.78 is 54.2. The fourth-order valence-electron chi connectivity index (χ4n) is 8.70. The molecule has 11 heteroatoms. The van der Waals surface area contributed by atoms with Crippen molar-refractivity contribution in [3.8, 4) is 68.6 Å². The number of hydrogen-bond acceptors (Lipinski definition) is 11. The van der Waals surface area contributed by atoms with Crippen LogP contribution < -0.4 is 42.6 Å². The number of nitrogens with zero attached hydrogens (tertiary/aromatic N) is 2. The third-order valence-corrected chi connectivity index (χ3v) is 11.2. The van der Waals surface area contributed by atoms with Crippen LogP contribution in [-0.2, 0) is 25.7 Å². The van der Waals surface area contributed by atoms with E-state index in [0.29, 0.717) is 46.7 Å². The van der Waals surface area contributed by atoms with Crippen molar-refractivity contribution in [2.45, 2.75) is 37.8 Å². The van der Waals surface area contributed by atoms with E-state index in [0.717, 1.165) is 71.9 Å². The molecule has 4 aromatic carbocycles. The van der Waals surface area contributed by atoms with Crippen molar-refractivity contribution in [3.63, 3.8) is 0 Å². The van der Waals surface area contributed by atoms with Crippen LogP contribution in [0.2, 0.25) is 0 Å². The molecule has 0 bridgehead atoms. The molecule has 1 aliphatic carbocycles. The molecule has 0 saturated carbocycles. The van der Waals surface area contributed by atoms with Gasteiger partial charge in [-0.25, -0.2) is 0 Å². The van der Waals surface area contributed by atoms with Crippen LogP contribution in [0.3, 0.4) is 0 Å². The number of likely N-dealkylation sites (N-methyl/N-ethyl adjacent to an activating group) is 2. The van der Waals surface area contributed by atoms with Crippen molar-refractivity contribution in [1.82, 2.24) is 9.80 Å². The maximum Gasteiger partial charge on any atom is 0.231 e. The van der Waals surface area contributed by atoms with Crippen LogP contribution in [0.1, 0.15) is 45.5 Å². The molecule has 0 fully saturated rings. The Morgan fingerprint density at radius 3 is 2.06 bits per heavy atom. The number of rotatable bonds is 10. The third-order valence-electron chi connectivity index (χ3n) is 11.2. The summed E-state index contributed by atoms with van der Waals surface area (Å²) in [4.78, 5) is 4.78. The number of methoxy groups -OCH3 is 6. The molecule has 3 aliphatic heterocycles. The predicted octanol–water partition coefficient (Wildman–Crippen LogP) is 6.78. The lowest BCUT2D eigenvalue weighted by Crippen LogP contribution is -2.36. The first-order valence-electron chi connectivity index (χ1n) is 17.6. The Morgan fingerprint density at radius 2 is 1.37 bits per heavy atom. The summed E-state index contributed by atoms with van der Waals surface area (Å²) in [7, 11) is 14.3. The maximum absolute atomic E-state index is 6.83. The van der Waals surface area contributed by atoms with Gasteiger partial charge in [0.05, 0.1) is 42.7 Å². The summed E-state index contributed by atoms with van der Waals surface area (Å²) in [6, 6.07) is 12.7. The van der Waals surface area contributed by atoms with Crippen LogP contribution in [0.25, 0.3) is 11.1 Å². The van der Waals surface area contributed by atoms with Crippen molar-refractivity contribution >= 4 is 0 Å². The van der Waals surface area contributed by atoms with Crippen molar-refractivity contribution in [2.75, 3.05) is 76.6 Å². The van der Waals surface area contributed by atoms with Crippen LogP contribution in [0, 0.1) is 0 Å². The van der Waals surface area contributed by atoms with Crippen LogP contribution in [0.4, 0.5) is 0 Å². The Kier molecular flexibility index (Phi) is 8.87. The standard InChI is InChI=1S/C41H46N2O9/c1-42-15-13-24-26(19-32-39(35(24)45-4)51-21-50-32)29(42)17-22-9-11-23(12-10-22)52-37-28-18-30-33-25(14-16-43(30)2)36(46-5)41(49-8)40(48-7)34(33)27(28)20-31(44-3)38(37)47-6/h9-12,19-20,29-30H,13-18,21H2,1-8H3/t29-,30-/m0/s1. The average molecular weight is 711 g/mol. The van der Waals surface area contributed by atoms with E-state index in [4.69, 9.17) is 42.6 Å². The van der Waals surface area contributed by atoms with E-state index in [2.05, 4.69) is 42.1 Å². The monoisotopic (exact) mass is 710 g/mol. The molecule has 0 spiro atoms. The fourth-order valence-corrected chi connectivity index (χ4v) is 8.70. The Hall–Kier alpha value is -5.00. The minimum Gasteiger partial charge on any atom is -0.493 e. The maximum atomic E-state index is 6.83. The van der Waals surface area contributed by atoms with Gasteiger partial charge in [0.25, 0.3) is 0 Å². The van der Waals surface area contributed by atoms with Crippen LogP contribution in [0.5, 0.6) is 57.5 Å². The van der Waals surface area contributed by atoms with Crippen LogP contribution in [0.15, 0.2) is 36.4 Å². The molecule has 0 saturated heterocycles. The summed E-state index contributed by atoms with van der Waals surface area (Å²) in [5, 5.41) is 0. The fraction of sp³-hybridized carbons (Fsp3) is 0.415. The second-order valence-corrected chi connectivity index (χ2v) is 13.7. The van der Waals surface area contributed by atoms with Gasteiger partial charge < -0.3 is 42.6 Å². The van der Waals surface area contributed by atoms with Crippen molar-refractivity contribution in [1.29, 1.82) is 0 Å². The number of ether oxygens (including phenoxy) is 9. The zero-order chi connectivity index (χ0) is 36.3. The molecular weight excluding hydrogens is 664 g/mol. The molecule has 0 amide bonds. The van der Waals surface area contributed by atoms with E-state index in [9.17, 15) is 0 Å². The SMILES string of the molecule is COc1cc2c(c(Oc3ccc(C[C@H]4c5cc6c(c(OC)c5CCN4C)OCO6)cc3)c1OC)C[C@H]1c3c(c(OC)c(OC)c(OC)c3-2)CCN1C. The van der Waals surface area contributed by atoms with E-state index < -0.39 is 0 Å². The van der Waals surface area contributed by atoms with Gasteiger partial charge in [0.1, 0.15) is 5.75 Å². The Bertz CT molecular complexity index is 2030. The molecule has 0 unspecified atom stereocenters. The van der Waals surface area contributed by atoms with Gasteiger partial charge in [-0.3, -0.25) is 9.80 Å². The molecular formula is C41H46N2O9. The lowest BCUT2D eigenvalue weighted by Gasteiger charge is -2.41. The molecule has 3 heterocycles. The predicted molar refractivity (Wildman–Crippen MR) is 196 cm³/mol.